The predicted octanol–water partition coefficient (Wildman–Crippen LogP) is 1.99. The Morgan fingerprint density at radius 2 is 1.68 bits per heavy atom. The predicted molar refractivity (Wildman–Crippen MR) is 91.3 cm³/mol. The Hall–Kier alpha value is -1.75. The standard InChI is InChI=1S/C17H28N4O/c1-4-20(5-2)17(22)18-14-15-6-8-16(9-7-15)21-12-10-19(3)11-13-21/h6-9H,4-5,10-14H2,1-3H3,(H,18,22). The van der Waals surface area contributed by atoms with Gasteiger partial charge in [0.15, 0.2) is 0 Å². The quantitative estimate of drug-likeness (QED) is 0.904. The van der Waals surface area contributed by atoms with E-state index in [4.69, 9.17) is 0 Å². The van der Waals surface area contributed by atoms with E-state index in [1.165, 1.54) is 5.69 Å². The molecule has 1 aromatic carbocycles. The molecule has 0 atom stereocenters. The van der Waals surface area contributed by atoms with Crippen LogP contribution >= 0.6 is 0 Å². The van der Waals surface area contributed by atoms with Gasteiger partial charge in [0.2, 0.25) is 0 Å². The van der Waals surface area contributed by atoms with Crippen LogP contribution in [0.4, 0.5) is 10.5 Å². The van der Waals surface area contributed by atoms with Gasteiger partial charge in [-0.15, -0.1) is 0 Å². The third-order valence-corrected chi connectivity index (χ3v) is 4.30. The lowest BCUT2D eigenvalue weighted by atomic mass is 10.2. The van der Waals surface area contributed by atoms with Crippen LogP contribution in [-0.2, 0) is 6.54 Å². The van der Waals surface area contributed by atoms with Gasteiger partial charge in [0.25, 0.3) is 0 Å². The van der Waals surface area contributed by atoms with Gasteiger partial charge in [-0.1, -0.05) is 12.1 Å². The summed E-state index contributed by atoms with van der Waals surface area (Å²) in [5.74, 6) is 0. The van der Waals surface area contributed by atoms with Crippen LogP contribution in [0.5, 0.6) is 0 Å². The molecule has 5 nitrogen and oxygen atoms in total. The number of urea groups is 1. The first-order valence-corrected chi connectivity index (χ1v) is 8.19. The van der Waals surface area contributed by atoms with Gasteiger partial charge in [0.1, 0.15) is 0 Å². The Kier molecular flexibility index (Phi) is 6.07. The van der Waals surface area contributed by atoms with E-state index in [-0.39, 0.29) is 6.03 Å². The topological polar surface area (TPSA) is 38.8 Å². The van der Waals surface area contributed by atoms with Crippen molar-refractivity contribution in [1.29, 1.82) is 0 Å². The van der Waals surface area contributed by atoms with Crippen LogP contribution in [0.3, 0.4) is 0 Å². The molecule has 2 rings (SSSR count). The van der Waals surface area contributed by atoms with Gasteiger partial charge < -0.3 is 20.0 Å². The number of carbonyl (C=O) groups excluding carboxylic acids is 1. The first-order chi connectivity index (χ1) is 10.6. The first kappa shape index (κ1) is 16.6. The summed E-state index contributed by atoms with van der Waals surface area (Å²) in [6.45, 7) is 10.4. The minimum atomic E-state index is 0.00754. The molecule has 22 heavy (non-hydrogen) atoms. The van der Waals surface area contributed by atoms with Crippen molar-refractivity contribution in [2.75, 3.05) is 51.2 Å². The monoisotopic (exact) mass is 304 g/mol. The highest BCUT2D eigenvalue weighted by molar-refractivity contribution is 5.74. The Balaban J connectivity index is 1.85. The summed E-state index contributed by atoms with van der Waals surface area (Å²) >= 11 is 0. The summed E-state index contributed by atoms with van der Waals surface area (Å²) in [6, 6.07) is 8.54. The van der Waals surface area contributed by atoms with Gasteiger partial charge in [-0.25, -0.2) is 4.79 Å². The summed E-state index contributed by atoms with van der Waals surface area (Å²) in [5.41, 5.74) is 2.41. The molecule has 0 bridgehead atoms. The largest absolute Gasteiger partial charge is 0.369 e. The maximum Gasteiger partial charge on any atom is 0.317 e. The van der Waals surface area contributed by atoms with E-state index < -0.39 is 0 Å². The third kappa shape index (κ3) is 4.37. The molecule has 1 saturated heterocycles. The van der Waals surface area contributed by atoms with Crippen molar-refractivity contribution < 1.29 is 4.79 Å². The number of nitrogens with zero attached hydrogens (tertiary/aromatic N) is 3. The molecular weight excluding hydrogens is 276 g/mol. The molecule has 0 radical (unpaired) electrons. The Morgan fingerprint density at radius 1 is 1.09 bits per heavy atom. The summed E-state index contributed by atoms with van der Waals surface area (Å²) in [6.07, 6.45) is 0. The second kappa shape index (κ2) is 8.03. The fourth-order valence-electron chi connectivity index (χ4n) is 2.69. The highest BCUT2D eigenvalue weighted by Crippen LogP contribution is 2.17. The number of rotatable bonds is 5. The first-order valence-electron chi connectivity index (χ1n) is 8.19. The number of nitrogens with one attached hydrogen (secondary N) is 1. The van der Waals surface area contributed by atoms with E-state index in [1.54, 1.807) is 4.90 Å². The second-order valence-corrected chi connectivity index (χ2v) is 5.79. The molecule has 1 aliphatic rings. The molecule has 1 N–H and O–H groups in total. The number of benzene rings is 1. The number of hydrogen-bond acceptors (Lipinski definition) is 3. The average molecular weight is 304 g/mol. The molecule has 5 heteroatoms. The zero-order valence-corrected chi connectivity index (χ0v) is 14.0. The molecule has 0 aromatic heterocycles. The van der Waals surface area contributed by atoms with E-state index in [0.29, 0.717) is 6.54 Å². The summed E-state index contributed by atoms with van der Waals surface area (Å²) < 4.78 is 0. The van der Waals surface area contributed by atoms with E-state index in [0.717, 1.165) is 44.8 Å². The Morgan fingerprint density at radius 3 is 2.23 bits per heavy atom. The lowest BCUT2D eigenvalue weighted by molar-refractivity contribution is 0.203. The maximum absolute atomic E-state index is 11.9. The smallest absolute Gasteiger partial charge is 0.317 e. The highest BCUT2D eigenvalue weighted by Gasteiger charge is 2.14. The van der Waals surface area contributed by atoms with E-state index >= 15 is 0 Å². The number of hydrogen-bond donors (Lipinski definition) is 1. The summed E-state index contributed by atoms with van der Waals surface area (Å²) in [4.78, 5) is 18.5. The number of piperazine rings is 1. The SMILES string of the molecule is CCN(CC)C(=O)NCc1ccc(N2CCN(C)CC2)cc1. The number of carbonyl (C=O) groups is 1. The lowest BCUT2D eigenvalue weighted by Gasteiger charge is -2.34. The zero-order chi connectivity index (χ0) is 15.9. The Labute approximate surface area is 133 Å². The van der Waals surface area contributed by atoms with Crippen LogP contribution < -0.4 is 10.2 Å². The summed E-state index contributed by atoms with van der Waals surface area (Å²) in [7, 11) is 2.17. The van der Waals surface area contributed by atoms with Crippen molar-refractivity contribution in [3.8, 4) is 0 Å². The van der Waals surface area contributed by atoms with Crippen molar-refractivity contribution in [2.24, 2.45) is 0 Å². The maximum atomic E-state index is 11.9. The van der Waals surface area contributed by atoms with Gasteiger partial charge in [-0.2, -0.15) is 0 Å². The molecule has 0 spiro atoms. The lowest BCUT2D eigenvalue weighted by Crippen LogP contribution is -2.44. The fourth-order valence-corrected chi connectivity index (χ4v) is 2.69. The van der Waals surface area contributed by atoms with Gasteiger partial charge >= 0.3 is 6.03 Å². The molecule has 1 fully saturated rings. The summed E-state index contributed by atoms with van der Waals surface area (Å²) in [5, 5.41) is 2.97. The molecule has 1 aliphatic heterocycles. The van der Waals surface area contributed by atoms with Crippen LogP contribution in [0.15, 0.2) is 24.3 Å². The van der Waals surface area contributed by atoms with Crippen LogP contribution in [0, 0.1) is 0 Å². The van der Waals surface area contributed by atoms with Gasteiger partial charge in [0.05, 0.1) is 0 Å². The van der Waals surface area contributed by atoms with E-state index in [2.05, 4.69) is 46.4 Å². The van der Waals surface area contributed by atoms with Crippen molar-refractivity contribution in [1.82, 2.24) is 15.1 Å². The van der Waals surface area contributed by atoms with Gasteiger partial charge in [-0.05, 0) is 38.6 Å². The average Bonchev–Trinajstić information content (AvgIpc) is 2.55. The minimum absolute atomic E-state index is 0.00754. The van der Waals surface area contributed by atoms with Crippen LogP contribution in [0.2, 0.25) is 0 Å². The van der Waals surface area contributed by atoms with Crippen molar-refractivity contribution >= 4 is 11.7 Å². The fraction of sp³-hybridized carbons (Fsp3) is 0.588. The molecule has 2 amide bonds. The Bertz CT molecular complexity index is 462. The molecular formula is C17H28N4O. The molecule has 0 saturated carbocycles. The normalized spacial score (nSPS) is 15.7. The molecule has 122 valence electrons. The van der Waals surface area contributed by atoms with Gasteiger partial charge in [0, 0.05) is 51.5 Å². The number of likely N-dealkylation sites (N-methyl/N-ethyl adjacent to an activating group) is 1. The van der Waals surface area contributed by atoms with Crippen molar-refractivity contribution in [2.45, 2.75) is 20.4 Å². The zero-order valence-electron chi connectivity index (χ0n) is 14.0. The highest BCUT2D eigenvalue weighted by atomic mass is 16.2. The van der Waals surface area contributed by atoms with E-state index in [9.17, 15) is 4.79 Å². The van der Waals surface area contributed by atoms with Gasteiger partial charge in [-0.3, -0.25) is 0 Å². The number of amides is 2. The molecule has 0 aliphatic carbocycles. The van der Waals surface area contributed by atoms with Crippen LogP contribution in [-0.4, -0.2) is 62.1 Å². The van der Waals surface area contributed by atoms with Crippen LogP contribution in [0.1, 0.15) is 19.4 Å². The van der Waals surface area contributed by atoms with Crippen LogP contribution in [0.25, 0.3) is 0 Å². The second-order valence-electron chi connectivity index (χ2n) is 5.79. The molecule has 0 unspecified atom stereocenters. The number of anilines is 1. The molecule has 1 heterocycles. The van der Waals surface area contributed by atoms with E-state index in [1.807, 2.05) is 13.8 Å². The van der Waals surface area contributed by atoms with Crippen molar-refractivity contribution in [3.63, 3.8) is 0 Å². The third-order valence-electron chi connectivity index (χ3n) is 4.30. The minimum Gasteiger partial charge on any atom is -0.369 e. The molecule has 1 aromatic rings. The van der Waals surface area contributed by atoms with Crippen molar-refractivity contribution in [3.05, 3.63) is 29.8 Å².